The van der Waals surface area contributed by atoms with Gasteiger partial charge in [0, 0.05) is 37.5 Å². The quantitative estimate of drug-likeness (QED) is 0.562. The third kappa shape index (κ3) is 4.41. The number of hydrogen-bond acceptors (Lipinski definition) is 6. The highest BCUT2D eigenvalue weighted by molar-refractivity contribution is 5.94. The number of aromatic nitrogens is 4. The van der Waals surface area contributed by atoms with E-state index in [1.54, 1.807) is 4.90 Å². The largest absolute Gasteiger partial charge is 0.374 e. The zero-order chi connectivity index (χ0) is 18.5. The summed E-state index contributed by atoms with van der Waals surface area (Å²) in [5.74, 6) is -0.882. The molecule has 0 N–H and O–H groups in total. The number of likely N-dealkylation sites (N-methyl/N-ethyl adjacent to an activating group) is 1. The normalized spacial score (nSPS) is 14.4. The van der Waals surface area contributed by atoms with Crippen molar-refractivity contribution in [2.45, 2.75) is 26.1 Å². The number of aryl methyl sites for hydroxylation is 1. The summed E-state index contributed by atoms with van der Waals surface area (Å²) in [5, 5.41) is 8.38. The van der Waals surface area contributed by atoms with Crippen LogP contribution < -0.4 is 0 Å². The highest BCUT2D eigenvalue weighted by Gasteiger charge is 2.24. The molecule has 26 heavy (non-hydrogen) atoms. The molecule has 0 atom stereocenters. The molecule has 1 aliphatic rings. The van der Waals surface area contributed by atoms with Crippen molar-refractivity contribution in [1.29, 1.82) is 0 Å². The van der Waals surface area contributed by atoms with Crippen molar-refractivity contribution in [3.63, 3.8) is 0 Å². The van der Waals surface area contributed by atoms with Crippen molar-refractivity contribution in [3.05, 3.63) is 41.2 Å². The first kappa shape index (κ1) is 18.4. The molecule has 1 amide bonds. The minimum Gasteiger partial charge on any atom is -0.374 e. The van der Waals surface area contributed by atoms with E-state index in [1.807, 2.05) is 23.7 Å². The predicted molar refractivity (Wildman–Crippen MR) is 91.8 cm³/mol. The topological polar surface area (TPSA) is 76.4 Å². The van der Waals surface area contributed by atoms with Crippen molar-refractivity contribution in [2.24, 2.45) is 0 Å². The maximum atomic E-state index is 13.3. The molecule has 0 radical (unpaired) electrons. The molecule has 2 aromatic rings. The molecular weight excluding hydrogens is 339 g/mol. The van der Waals surface area contributed by atoms with Gasteiger partial charge in [0.25, 0.3) is 5.91 Å². The summed E-state index contributed by atoms with van der Waals surface area (Å²) < 4.78 is 20.8. The lowest BCUT2D eigenvalue weighted by Gasteiger charge is -2.20. The smallest absolute Gasteiger partial charge is 0.254 e. The number of pyridine rings is 1. The van der Waals surface area contributed by atoms with Crippen LogP contribution in [-0.4, -0.2) is 69.5 Å². The van der Waals surface area contributed by atoms with Crippen molar-refractivity contribution in [3.8, 4) is 0 Å². The van der Waals surface area contributed by atoms with E-state index in [2.05, 4.69) is 15.3 Å². The van der Waals surface area contributed by atoms with Crippen molar-refractivity contribution >= 4 is 5.91 Å². The number of hydrogen-bond donors (Lipinski definition) is 0. The molecule has 0 aliphatic carbocycles. The van der Waals surface area contributed by atoms with Gasteiger partial charge in [-0.25, -0.2) is 9.67 Å². The maximum absolute atomic E-state index is 13.3. The van der Waals surface area contributed by atoms with E-state index in [4.69, 9.17) is 4.74 Å². The third-order valence-electron chi connectivity index (χ3n) is 4.24. The lowest BCUT2D eigenvalue weighted by atomic mass is 10.2. The van der Waals surface area contributed by atoms with E-state index in [1.165, 1.54) is 12.3 Å². The van der Waals surface area contributed by atoms with Gasteiger partial charge in [-0.05, 0) is 26.6 Å². The van der Waals surface area contributed by atoms with E-state index in [-0.39, 0.29) is 5.91 Å². The molecule has 0 spiro atoms. The summed E-state index contributed by atoms with van der Waals surface area (Å²) in [4.78, 5) is 20.0. The number of nitrogens with zero attached hydrogens (tertiary/aromatic N) is 6. The third-order valence-corrected chi connectivity index (χ3v) is 4.24. The zero-order valence-electron chi connectivity index (χ0n) is 15.1. The van der Waals surface area contributed by atoms with E-state index in [0.29, 0.717) is 38.4 Å². The highest BCUT2D eigenvalue weighted by atomic mass is 19.1. The number of fused-ring (bicyclic) bond motifs is 1. The Hall–Kier alpha value is -2.39. The molecule has 3 heterocycles. The Morgan fingerprint density at radius 2 is 2.23 bits per heavy atom. The number of halogens is 1. The Balaban J connectivity index is 1.70. The fourth-order valence-corrected chi connectivity index (χ4v) is 2.81. The fraction of sp³-hybridized carbons (Fsp3) is 0.529. The summed E-state index contributed by atoms with van der Waals surface area (Å²) in [6.07, 6.45) is 2.06. The Morgan fingerprint density at radius 3 is 3.00 bits per heavy atom. The van der Waals surface area contributed by atoms with Crippen LogP contribution in [0.2, 0.25) is 0 Å². The van der Waals surface area contributed by atoms with Gasteiger partial charge in [-0.3, -0.25) is 4.79 Å². The summed E-state index contributed by atoms with van der Waals surface area (Å²) in [5.41, 5.74) is 1.90. The number of amides is 1. The summed E-state index contributed by atoms with van der Waals surface area (Å²) in [6.45, 7) is 3.42. The molecule has 0 unspecified atom stereocenters. The number of ether oxygens (including phenoxy) is 1. The standard InChI is InChI=1S/C17H23FN6O2/c1-22(2)8-9-26-12-14-15-11-23(6-3-7-24(15)21-20-14)17(25)13-4-5-19-16(18)10-13/h4-5,10H,3,6-9,11-12H2,1-2H3. The second kappa shape index (κ2) is 8.33. The molecule has 0 saturated heterocycles. The van der Waals surface area contributed by atoms with Gasteiger partial charge in [-0.2, -0.15) is 4.39 Å². The van der Waals surface area contributed by atoms with Crippen LogP contribution in [0.3, 0.4) is 0 Å². The second-order valence-electron chi connectivity index (χ2n) is 6.51. The van der Waals surface area contributed by atoms with Crippen molar-refractivity contribution < 1.29 is 13.9 Å². The van der Waals surface area contributed by atoms with Crippen LogP contribution in [-0.2, 0) is 24.4 Å². The van der Waals surface area contributed by atoms with Gasteiger partial charge >= 0.3 is 0 Å². The summed E-state index contributed by atoms with van der Waals surface area (Å²) >= 11 is 0. The van der Waals surface area contributed by atoms with Gasteiger partial charge in [-0.15, -0.1) is 5.10 Å². The zero-order valence-corrected chi connectivity index (χ0v) is 15.1. The average molecular weight is 362 g/mol. The van der Waals surface area contributed by atoms with Crippen molar-refractivity contribution in [1.82, 2.24) is 29.8 Å². The molecule has 8 nitrogen and oxygen atoms in total. The van der Waals surface area contributed by atoms with Gasteiger partial charge < -0.3 is 14.5 Å². The first-order valence-electron chi connectivity index (χ1n) is 8.59. The summed E-state index contributed by atoms with van der Waals surface area (Å²) in [6, 6.07) is 2.69. The molecule has 0 fully saturated rings. The minimum absolute atomic E-state index is 0.222. The minimum atomic E-state index is -0.660. The number of carbonyl (C=O) groups is 1. The van der Waals surface area contributed by atoms with Gasteiger partial charge in [0.05, 0.1) is 25.5 Å². The molecule has 3 rings (SSSR count). The predicted octanol–water partition coefficient (Wildman–Crippen LogP) is 0.936. The lowest BCUT2D eigenvalue weighted by molar-refractivity contribution is 0.0740. The van der Waals surface area contributed by atoms with Crippen LogP contribution in [0.25, 0.3) is 0 Å². The van der Waals surface area contributed by atoms with Crippen molar-refractivity contribution in [2.75, 3.05) is 33.8 Å². The van der Waals surface area contributed by atoms with E-state index < -0.39 is 5.95 Å². The molecule has 9 heteroatoms. The first-order chi connectivity index (χ1) is 12.5. The number of rotatable bonds is 6. The molecule has 0 aromatic carbocycles. The maximum Gasteiger partial charge on any atom is 0.254 e. The molecular formula is C17H23FN6O2. The molecule has 0 saturated carbocycles. The first-order valence-corrected chi connectivity index (χ1v) is 8.59. The Kier molecular flexibility index (Phi) is 5.89. The van der Waals surface area contributed by atoms with Gasteiger partial charge in [0.2, 0.25) is 5.95 Å². The monoisotopic (exact) mass is 362 g/mol. The van der Waals surface area contributed by atoms with Crippen LogP contribution in [0.1, 0.15) is 28.2 Å². The lowest BCUT2D eigenvalue weighted by Crippen LogP contribution is -2.31. The van der Waals surface area contributed by atoms with Gasteiger partial charge in [0.15, 0.2) is 0 Å². The van der Waals surface area contributed by atoms with Crippen LogP contribution in [0.4, 0.5) is 4.39 Å². The Labute approximate surface area is 151 Å². The SMILES string of the molecule is CN(C)CCOCc1nnn2c1CN(C(=O)c1ccnc(F)c1)CCC2. The van der Waals surface area contributed by atoms with E-state index in [0.717, 1.165) is 30.4 Å². The van der Waals surface area contributed by atoms with E-state index in [9.17, 15) is 9.18 Å². The Morgan fingerprint density at radius 1 is 1.38 bits per heavy atom. The molecule has 0 bridgehead atoms. The van der Waals surface area contributed by atoms with E-state index >= 15 is 0 Å². The van der Waals surface area contributed by atoms with Gasteiger partial charge in [0.1, 0.15) is 5.69 Å². The summed E-state index contributed by atoms with van der Waals surface area (Å²) in [7, 11) is 3.97. The van der Waals surface area contributed by atoms with Crippen LogP contribution in [0.15, 0.2) is 18.3 Å². The highest BCUT2D eigenvalue weighted by Crippen LogP contribution is 2.18. The molecule has 2 aromatic heterocycles. The Bertz CT molecular complexity index is 763. The number of carbonyl (C=O) groups excluding carboxylic acids is 1. The second-order valence-corrected chi connectivity index (χ2v) is 6.51. The van der Waals surface area contributed by atoms with Crippen LogP contribution in [0.5, 0.6) is 0 Å². The van der Waals surface area contributed by atoms with Crippen LogP contribution in [0, 0.1) is 5.95 Å². The fourth-order valence-electron chi connectivity index (χ4n) is 2.81. The molecule has 1 aliphatic heterocycles. The van der Waals surface area contributed by atoms with Crippen LogP contribution >= 0.6 is 0 Å². The average Bonchev–Trinajstić information content (AvgIpc) is 2.86. The molecule has 140 valence electrons. The van der Waals surface area contributed by atoms with Gasteiger partial charge in [-0.1, -0.05) is 5.21 Å².